The van der Waals surface area contributed by atoms with Gasteiger partial charge in [-0.05, 0) is 40.2 Å². The topological polar surface area (TPSA) is 52.6 Å². The Morgan fingerprint density at radius 3 is 2.24 bits per heavy atom. The Labute approximate surface area is 105 Å². The molecule has 4 heteroatoms. The maximum atomic E-state index is 11.9. The van der Waals surface area contributed by atoms with Crippen LogP contribution in [0.5, 0.6) is 0 Å². The smallest absolute Gasteiger partial charge is 0.237 e. The van der Waals surface area contributed by atoms with E-state index < -0.39 is 0 Å². The van der Waals surface area contributed by atoms with E-state index in [1.54, 1.807) is 6.92 Å². The Balaban J connectivity index is 4.10. The molecular formula is C13H28N2O2. The van der Waals surface area contributed by atoms with Crippen LogP contribution in [0.4, 0.5) is 0 Å². The molecule has 0 aliphatic heterocycles. The number of aliphatic hydroxyl groups excluding tert-OH is 1. The van der Waals surface area contributed by atoms with Gasteiger partial charge in [-0.2, -0.15) is 0 Å². The standard InChI is InChI=1S/C13H28N2O2/c1-6-12(7-2)14-13(17)11(4)15(5)9-8-10(3)16/h10-12,16H,6-9H2,1-5H3,(H,14,17). The summed E-state index contributed by atoms with van der Waals surface area (Å²) in [6, 6.07) is 0.129. The highest BCUT2D eigenvalue weighted by atomic mass is 16.3. The lowest BCUT2D eigenvalue weighted by Crippen LogP contribution is -2.47. The molecule has 2 atom stereocenters. The second-order valence-corrected chi connectivity index (χ2v) is 4.82. The van der Waals surface area contributed by atoms with Crippen LogP contribution >= 0.6 is 0 Å². The molecule has 0 aromatic heterocycles. The predicted octanol–water partition coefficient (Wildman–Crippen LogP) is 1.38. The highest BCUT2D eigenvalue weighted by molar-refractivity contribution is 5.81. The fraction of sp³-hybridized carbons (Fsp3) is 0.923. The Morgan fingerprint density at radius 1 is 1.29 bits per heavy atom. The molecule has 0 heterocycles. The van der Waals surface area contributed by atoms with Crippen LogP contribution in [-0.4, -0.2) is 47.7 Å². The van der Waals surface area contributed by atoms with E-state index >= 15 is 0 Å². The van der Waals surface area contributed by atoms with Gasteiger partial charge < -0.3 is 10.4 Å². The number of hydrogen-bond donors (Lipinski definition) is 2. The van der Waals surface area contributed by atoms with Crippen LogP contribution in [0.15, 0.2) is 0 Å². The van der Waals surface area contributed by atoms with Gasteiger partial charge in [0.2, 0.25) is 5.91 Å². The molecule has 0 saturated carbocycles. The Morgan fingerprint density at radius 2 is 1.82 bits per heavy atom. The third-order valence-corrected chi connectivity index (χ3v) is 3.27. The monoisotopic (exact) mass is 244 g/mol. The summed E-state index contributed by atoms with van der Waals surface area (Å²) >= 11 is 0. The van der Waals surface area contributed by atoms with Crippen molar-refractivity contribution in [3.63, 3.8) is 0 Å². The molecule has 0 spiro atoms. The van der Waals surface area contributed by atoms with E-state index in [1.807, 2.05) is 18.9 Å². The van der Waals surface area contributed by atoms with Crippen LogP contribution in [0.1, 0.15) is 47.0 Å². The van der Waals surface area contributed by atoms with Crippen molar-refractivity contribution in [2.24, 2.45) is 0 Å². The molecule has 2 unspecified atom stereocenters. The average molecular weight is 244 g/mol. The maximum Gasteiger partial charge on any atom is 0.237 e. The third-order valence-electron chi connectivity index (χ3n) is 3.27. The number of rotatable bonds is 8. The number of hydrogen-bond acceptors (Lipinski definition) is 3. The molecule has 0 aliphatic rings. The normalized spacial score (nSPS) is 15.1. The lowest BCUT2D eigenvalue weighted by molar-refractivity contribution is -0.126. The quantitative estimate of drug-likeness (QED) is 0.678. The molecule has 0 fully saturated rings. The molecule has 2 N–H and O–H groups in total. The molecule has 0 bridgehead atoms. The fourth-order valence-electron chi connectivity index (χ4n) is 1.60. The molecule has 0 aromatic carbocycles. The zero-order chi connectivity index (χ0) is 13.4. The highest BCUT2D eigenvalue weighted by Gasteiger charge is 2.19. The summed E-state index contributed by atoms with van der Waals surface area (Å²) in [7, 11) is 1.92. The van der Waals surface area contributed by atoms with Crippen molar-refractivity contribution in [2.75, 3.05) is 13.6 Å². The van der Waals surface area contributed by atoms with Gasteiger partial charge in [-0.3, -0.25) is 9.69 Å². The minimum atomic E-state index is -0.313. The van der Waals surface area contributed by atoms with E-state index in [1.165, 1.54) is 0 Å². The Kier molecular flexibility index (Phi) is 8.17. The average Bonchev–Trinajstić information content (AvgIpc) is 2.31. The van der Waals surface area contributed by atoms with Crippen LogP contribution in [0.2, 0.25) is 0 Å². The van der Waals surface area contributed by atoms with Gasteiger partial charge in [0.05, 0.1) is 12.1 Å². The summed E-state index contributed by atoms with van der Waals surface area (Å²) in [6.07, 6.45) is 2.31. The molecule has 0 radical (unpaired) electrons. The largest absolute Gasteiger partial charge is 0.393 e. The number of carbonyl (C=O) groups excluding carboxylic acids is 1. The van der Waals surface area contributed by atoms with Crippen molar-refractivity contribution in [1.29, 1.82) is 0 Å². The van der Waals surface area contributed by atoms with E-state index in [0.717, 1.165) is 19.4 Å². The number of nitrogens with one attached hydrogen (secondary N) is 1. The summed E-state index contributed by atoms with van der Waals surface area (Å²) in [5, 5.41) is 12.3. The van der Waals surface area contributed by atoms with E-state index in [9.17, 15) is 9.90 Å². The molecule has 0 rings (SSSR count). The van der Waals surface area contributed by atoms with Crippen molar-refractivity contribution in [1.82, 2.24) is 10.2 Å². The second-order valence-electron chi connectivity index (χ2n) is 4.82. The Bertz CT molecular complexity index is 215. The number of carbonyl (C=O) groups is 1. The number of likely N-dealkylation sites (N-methyl/N-ethyl adjacent to an activating group) is 1. The molecule has 0 saturated heterocycles. The second kappa shape index (κ2) is 8.48. The van der Waals surface area contributed by atoms with Gasteiger partial charge in [-0.1, -0.05) is 13.8 Å². The zero-order valence-electron chi connectivity index (χ0n) is 11.9. The van der Waals surface area contributed by atoms with Crippen molar-refractivity contribution in [3.05, 3.63) is 0 Å². The minimum Gasteiger partial charge on any atom is -0.393 e. The number of amides is 1. The first-order valence-corrected chi connectivity index (χ1v) is 6.60. The van der Waals surface area contributed by atoms with Crippen molar-refractivity contribution < 1.29 is 9.90 Å². The number of nitrogens with zero attached hydrogens (tertiary/aromatic N) is 1. The summed E-state index contributed by atoms with van der Waals surface area (Å²) in [6.45, 7) is 8.56. The first-order chi connectivity index (χ1) is 7.92. The van der Waals surface area contributed by atoms with Gasteiger partial charge in [0, 0.05) is 12.6 Å². The van der Waals surface area contributed by atoms with Crippen LogP contribution in [0.3, 0.4) is 0 Å². The van der Waals surface area contributed by atoms with Crippen LogP contribution in [0, 0.1) is 0 Å². The van der Waals surface area contributed by atoms with E-state index in [0.29, 0.717) is 6.42 Å². The van der Waals surface area contributed by atoms with E-state index in [4.69, 9.17) is 0 Å². The molecule has 1 amide bonds. The summed E-state index contributed by atoms with van der Waals surface area (Å²) in [5.74, 6) is 0.0757. The van der Waals surface area contributed by atoms with Crippen LogP contribution in [0.25, 0.3) is 0 Å². The van der Waals surface area contributed by atoms with Crippen LogP contribution in [-0.2, 0) is 4.79 Å². The van der Waals surface area contributed by atoms with E-state index in [2.05, 4.69) is 19.2 Å². The van der Waals surface area contributed by atoms with Gasteiger partial charge in [0.1, 0.15) is 0 Å². The zero-order valence-corrected chi connectivity index (χ0v) is 11.9. The number of aliphatic hydroxyl groups is 1. The lowest BCUT2D eigenvalue weighted by atomic mass is 10.1. The summed E-state index contributed by atoms with van der Waals surface area (Å²) < 4.78 is 0. The predicted molar refractivity (Wildman–Crippen MR) is 70.9 cm³/mol. The summed E-state index contributed by atoms with van der Waals surface area (Å²) in [4.78, 5) is 13.9. The SMILES string of the molecule is CCC(CC)NC(=O)C(C)N(C)CCC(C)O. The van der Waals surface area contributed by atoms with Gasteiger partial charge in [0.25, 0.3) is 0 Å². The highest BCUT2D eigenvalue weighted by Crippen LogP contribution is 2.02. The third kappa shape index (κ3) is 6.64. The van der Waals surface area contributed by atoms with Gasteiger partial charge >= 0.3 is 0 Å². The van der Waals surface area contributed by atoms with Gasteiger partial charge in [-0.25, -0.2) is 0 Å². The molecule has 17 heavy (non-hydrogen) atoms. The summed E-state index contributed by atoms with van der Waals surface area (Å²) in [5.41, 5.74) is 0. The van der Waals surface area contributed by atoms with Gasteiger partial charge in [0.15, 0.2) is 0 Å². The minimum absolute atomic E-state index is 0.0757. The molecule has 4 nitrogen and oxygen atoms in total. The molecule has 0 aliphatic carbocycles. The first-order valence-electron chi connectivity index (χ1n) is 6.60. The van der Waals surface area contributed by atoms with Gasteiger partial charge in [-0.15, -0.1) is 0 Å². The molecule has 102 valence electrons. The van der Waals surface area contributed by atoms with Crippen molar-refractivity contribution in [3.8, 4) is 0 Å². The lowest BCUT2D eigenvalue weighted by Gasteiger charge is -2.26. The fourth-order valence-corrected chi connectivity index (χ4v) is 1.60. The van der Waals surface area contributed by atoms with Crippen molar-refractivity contribution >= 4 is 5.91 Å². The Hall–Kier alpha value is -0.610. The van der Waals surface area contributed by atoms with Crippen molar-refractivity contribution in [2.45, 2.75) is 65.1 Å². The first kappa shape index (κ1) is 16.4. The van der Waals surface area contributed by atoms with Crippen LogP contribution < -0.4 is 5.32 Å². The van der Waals surface area contributed by atoms with E-state index in [-0.39, 0.29) is 24.1 Å². The molecule has 0 aromatic rings. The molecular weight excluding hydrogens is 216 g/mol. The maximum absolute atomic E-state index is 11.9.